The number of aliphatic imine (C=N–C) groups is 1. The number of guanidine groups is 1. The fourth-order valence-corrected chi connectivity index (χ4v) is 4.13. The van der Waals surface area contributed by atoms with Crippen molar-refractivity contribution in [2.24, 2.45) is 10.1 Å². The van der Waals surface area contributed by atoms with Crippen molar-refractivity contribution in [2.75, 3.05) is 7.05 Å². The lowest BCUT2D eigenvalue weighted by molar-refractivity contribution is 0.410. The molecule has 1 fully saturated rings. The summed E-state index contributed by atoms with van der Waals surface area (Å²) >= 11 is 1.18. The highest BCUT2D eigenvalue weighted by Crippen LogP contribution is 2.20. The van der Waals surface area contributed by atoms with Gasteiger partial charge < -0.3 is 10.6 Å². The molecule has 0 unspecified atom stereocenters. The van der Waals surface area contributed by atoms with E-state index < -0.39 is 10.0 Å². The largest absolute Gasteiger partial charge is 0.354 e. The summed E-state index contributed by atoms with van der Waals surface area (Å²) in [5.74, 6) is 0.757. The molecule has 0 aliphatic heterocycles. The minimum Gasteiger partial charge on any atom is -0.354 e. The van der Waals surface area contributed by atoms with Crippen molar-refractivity contribution < 1.29 is 8.42 Å². The Morgan fingerprint density at radius 3 is 2.67 bits per heavy atom. The molecule has 0 saturated heterocycles. The van der Waals surface area contributed by atoms with Gasteiger partial charge in [-0.05, 0) is 25.0 Å². The summed E-state index contributed by atoms with van der Waals surface area (Å²) < 4.78 is 22.7. The van der Waals surface area contributed by atoms with E-state index in [1.165, 1.54) is 49.5 Å². The second kappa shape index (κ2) is 7.24. The first-order chi connectivity index (χ1) is 9.99. The number of nitrogens with two attached hydrogens (primary N) is 1. The summed E-state index contributed by atoms with van der Waals surface area (Å²) in [4.78, 5) is 5.12. The van der Waals surface area contributed by atoms with Crippen LogP contribution in [0.3, 0.4) is 0 Å². The van der Waals surface area contributed by atoms with Crippen LogP contribution >= 0.6 is 11.3 Å². The molecular weight excluding hydrogens is 308 g/mol. The van der Waals surface area contributed by atoms with Crippen molar-refractivity contribution >= 4 is 27.3 Å². The number of thiophene rings is 1. The molecule has 1 aromatic heterocycles. The van der Waals surface area contributed by atoms with Crippen molar-refractivity contribution in [3.05, 3.63) is 17.0 Å². The Balaban J connectivity index is 1.87. The zero-order valence-electron chi connectivity index (χ0n) is 12.1. The standard InChI is InChI=1S/C13H22N4O2S2/c1-15-13(17-10-5-3-2-4-6-10)16-9-11-7-8-12(20-11)21(14,18)19/h7-8,10H,2-6,9H2,1H3,(H2,14,18,19)(H2,15,16,17). The van der Waals surface area contributed by atoms with Gasteiger partial charge in [-0.15, -0.1) is 11.3 Å². The number of sulfonamides is 1. The SMILES string of the molecule is CN=C(NCc1ccc(S(N)(=O)=O)s1)NC1CCCCC1. The van der Waals surface area contributed by atoms with E-state index in [4.69, 9.17) is 5.14 Å². The molecule has 0 atom stereocenters. The third-order valence-electron chi connectivity index (χ3n) is 3.52. The average Bonchev–Trinajstić information content (AvgIpc) is 2.93. The highest BCUT2D eigenvalue weighted by Gasteiger charge is 2.15. The summed E-state index contributed by atoms with van der Waals surface area (Å²) in [6.07, 6.45) is 6.19. The zero-order chi connectivity index (χ0) is 15.3. The van der Waals surface area contributed by atoms with Crippen molar-refractivity contribution in [1.82, 2.24) is 10.6 Å². The van der Waals surface area contributed by atoms with E-state index in [1.54, 1.807) is 13.1 Å². The van der Waals surface area contributed by atoms with Crippen LogP contribution in [-0.2, 0) is 16.6 Å². The maximum atomic E-state index is 11.2. The van der Waals surface area contributed by atoms with Gasteiger partial charge in [-0.2, -0.15) is 0 Å². The molecule has 1 aliphatic carbocycles. The number of hydrogen-bond acceptors (Lipinski definition) is 4. The minimum atomic E-state index is -3.60. The minimum absolute atomic E-state index is 0.189. The Bertz CT molecular complexity index is 589. The van der Waals surface area contributed by atoms with Crippen LogP contribution in [0.5, 0.6) is 0 Å². The number of rotatable bonds is 4. The van der Waals surface area contributed by atoms with Crippen LogP contribution in [0, 0.1) is 0 Å². The molecule has 1 aromatic rings. The van der Waals surface area contributed by atoms with Crippen LogP contribution in [0.1, 0.15) is 37.0 Å². The van der Waals surface area contributed by atoms with Crippen molar-refractivity contribution in [1.29, 1.82) is 0 Å². The van der Waals surface area contributed by atoms with Gasteiger partial charge in [0.25, 0.3) is 0 Å². The molecule has 2 rings (SSSR count). The second-order valence-corrected chi connectivity index (χ2v) is 8.13. The lowest BCUT2D eigenvalue weighted by atomic mass is 9.96. The number of nitrogens with zero attached hydrogens (tertiary/aromatic N) is 1. The topological polar surface area (TPSA) is 96.6 Å². The Hall–Kier alpha value is -1.12. The monoisotopic (exact) mass is 330 g/mol. The van der Waals surface area contributed by atoms with E-state index in [2.05, 4.69) is 15.6 Å². The Morgan fingerprint density at radius 2 is 2.10 bits per heavy atom. The Morgan fingerprint density at radius 1 is 1.38 bits per heavy atom. The summed E-state index contributed by atoms with van der Waals surface area (Å²) in [5.41, 5.74) is 0. The number of primary sulfonamides is 1. The summed E-state index contributed by atoms with van der Waals surface area (Å²) in [5, 5.41) is 11.7. The van der Waals surface area contributed by atoms with Crippen LogP contribution in [0.15, 0.2) is 21.3 Å². The van der Waals surface area contributed by atoms with Crippen LogP contribution < -0.4 is 15.8 Å². The molecule has 118 valence electrons. The number of hydrogen-bond donors (Lipinski definition) is 3. The molecule has 0 spiro atoms. The van der Waals surface area contributed by atoms with E-state index >= 15 is 0 Å². The maximum absolute atomic E-state index is 11.2. The third-order valence-corrected chi connectivity index (χ3v) is 6.04. The average molecular weight is 330 g/mol. The third kappa shape index (κ3) is 4.98. The fourth-order valence-electron chi connectivity index (χ4n) is 2.41. The van der Waals surface area contributed by atoms with Crippen molar-refractivity contribution in [2.45, 2.75) is 48.9 Å². The van der Waals surface area contributed by atoms with Crippen LogP contribution in [0.25, 0.3) is 0 Å². The molecule has 4 N–H and O–H groups in total. The van der Waals surface area contributed by atoms with Gasteiger partial charge in [0, 0.05) is 18.0 Å². The molecule has 0 amide bonds. The predicted octanol–water partition coefficient (Wildman–Crippen LogP) is 1.39. The molecule has 0 aromatic carbocycles. The molecule has 0 radical (unpaired) electrons. The summed E-state index contributed by atoms with van der Waals surface area (Å²) in [6, 6.07) is 3.79. The van der Waals surface area contributed by atoms with Gasteiger partial charge >= 0.3 is 0 Å². The van der Waals surface area contributed by atoms with Crippen molar-refractivity contribution in [3.8, 4) is 0 Å². The van der Waals surface area contributed by atoms with E-state index in [1.807, 2.05) is 0 Å². The quantitative estimate of drug-likeness (QED) is 0.574. The predicted molar refractivity (Wildman–Crippen MR) is 85.9 cm³/mol. The lowest BCUT2D eigenvalue weighted by Gasteiger charge is -2.24. The molecule has 0 bridgehead atoms. The van der Waals surface area contributed by atoms with Gasteiger partial charge in [0.2, 0.25) is 10.0 Å². The van der Waals surface area contributed by atoms with Gasteiger partial charge in [-0.1, -0.05) is 19.3 Å². The molecule has 1 saturated carbocycles. The molecule has 1 heterocycles. The Labute approximate surface area is 129 Å². The van der Waals surface area contributed by atoms with Gasteiger partial charge in [0.1, 0.15) is 4.21 Å². The summed E-state index contributed by atoms with van der Waals surface area (Å²) in [7, 11) is -1.87. The van der Waals surface area contributed by atoms with Crippen LogP contribution in [0.2, 0.25) is 0 Å². The highest BCUT2D eigenvalue weighted by molar-refractivity contribution is 7.91. The molecule has 8 heteroatoms. The number of nitrogens with one attached hydrogen (secondary N) is 2. The first-order valence-corrected chi connectivity index (χ1v) is 9.44. The van der Waals surface area contributed by atoms with Gasteiger partial charge in [0.15, 0.2) is 5.96 Å². The van der Waals surface area contributed by atoms with Crippen molar-refractivity contribution in [3.63, 3.8) is 0 Å². The zero-order valence-corrected chi connectivity index (χ0v) is 13.8. The summed E-state index contributed by atoms with van der Waals surface area (Å²) in [6.45, 7) is 0.534. The molecule has 6 nitrogen and oxygen atoms in total. The van der Waals surface area contributed by atoms with E-state index in [0.29, 0.717) is 12.6 Å². The van der Waals surface area contributed by atoms with E-state index in [-0.39, 0.29) is 4.21 Å². The second-order valence-electron chi connectivity index (χ2n) is 5.17. The normalized spacial score (nSPS) is 17.7. The van der Waals surface area contributed by atoms with Crippen LogP contribution in [0.4, 0.5) is 0 Å². The van der Waals surface area contributed by atoms with E-state index in [9.17, 15) is 8.42 Å². The fraction of sp³-hybridized carbons (Fsp3) is 0.615. The molecule has 21 heavy (non-hydrogen) atoms. The first-order valence-electron chi connectivity index (χ1n) is 7.08. The Kier molecular flexibility index (Phi) is 5.60. The van der Waals surface area contributed by atoms with Gasteiger partial charge in [-0.25, -0.2) is 13.6 Å². The van der Waals surface area contributed by atoms with E-state index in [0.717, 1.165) is 10.8 Å². The lowest BCUT2D eigenvalue weighted by Crippen LogP contribution is -2.43. The smallest absolute Gasteiger partial charge is 0.247 e. The maximum Gasteiger partial charge on any atom is 0.247 e. The van der Waals surface area contributed by atoms with Gasteiger partial charge in [-0.3, -0.25) is 4.99 Å². The van der Waals surface area contributed by atoms with Crippen LogP contribution in [-0.4, -0.2) is 27.5 Å². The first kappa shape index (κ1) is 16.3. The molecular formula is C13H22N4O2S2. The van der Waals surface area contributed by atoms with Gasteiger partial charge in [0.05, 0.1) is 6.54 Å². The highest BCUT2D eigenvalue weighted by atomic mass is 32.2. The molecule has 1 aliphatic rings.